The van der Waals surface area contributed by atoms with E-state index in [2.05, 4.69) is 114 Å². The number of rotatable bonds is 0. The van der Waals surface area contributed by atoms with Crippen LogP contribution in [0.3, 0.4) is 0 Å². The van der Waals surface area contributed by atoms with Crippen molar-refractivity contribution in [1.29, 1.82) is 0 Å². The first-order valence-corrected chi connectivity index (χ1v) is 12.2. The van der Waals surface area contributed by atoms with Crippen molar-refractivity contribution in [2.24, 2.45) is 0 Å². The van der Waals surface area contributed by atoms with Crippen LogP contribution in [-0.2, 0) is 0 Å². The van der Waals surface area contributed by atoms with E-state index in [1.165, 1.54) is 64.7 Å². The number of thiophene rings is 1. The molecule has 0 fully saturated rings. The first-order chi connectivity index (χ1) is 16.4. The molecule has 0 unspecified atom stereocenters. The number of anilines is 2. The number of nitrogens with zero attached hydrogens (tertiary/aromatic N) is 1. The predicted molar refractivity (Wildman–Crippen MR) is 144 cm³/mol. The van der Waals surface area contributed by atoms with Gasteiger partial charge in [0, 0.05) is 31.9 Å². The summed E-state index contributed by atoms with van der Waals surface area (Å²) in [6.07, 6.45) is 0. The Balaban J connectivity index is 1.60. The average Bonchev–Trinajstić information content (AvgIpc) is 3.27. The molecule has 1 aromatic heterocycles. The fourth-order valence-corrected chi connectivity index (χ4v) is 7.12. The van der Waals surface area contributed by atoms with Gasteiger partial charge in [0.25, 0.3) is 0 Å². The van der Waals surface area contributed by atoms with Gasteiger partial charge in [0.15, 0.2) is 0 Å². The molecule has 0 aliphatic carbocycles. The zero-order chi connectivity index (χ0) is 21.5. The summed E-state index contributed by atoms with van der Waals surface area (Å²) in [5.41, 5.74) is 10.7. The lowest BCUT2D eigenvalue weighted by atomic mass is 9.42. The summed E-state index contributed by atoms with van der Waals surface area (Å²) in [4.78, 5) is 2.58. The van der Waals surface area contributed by atoms with E-state index in [4.69, 9.17) is 0 Å². The highest BCUT2D eigenvalue weighted by atomic mass is 32.1. The first kappa shape index (κ1) is 17.7. The van der Waals surface area contributed by atoms with E-state index in [-0.39, 0.29) is 6.85 Å². The predicted octanol–water partition coefficient (Wildman–Crippen LogP) is 6.96. The number of fused-ring (bicyclic) bond motifs is 15. The van der Waals surface area contributed by atoms with Crippen LogP contribution in [0.25, 0.3) is 42.4 Å². The van der Waals surface area contributed by atoms with Gasteiger partial charge in [-0.1, -0.05) is 84.9 Å². The van der Waals surface area contributed by atoms with Gasteiger partial charge >= 0.3 is 6.85 Å². The highest BCUT2D eigenvalue weighted by Gasteiger charge is 2.43. The van der Waals surface area contributed by atoms with Crippen molar-refractivity contribution in [2.75, 3.05) is 4.81 Å². The lowest BCUT2D eigenvalue weighted by molar-refractivity contribution is 1.35. The van der Waals surface area contributed by atoms with Gasteiger partial charge in [-0.3, -0.25) is 0 Å². The third-order valence-corrected chi connectivity index (χ3v) is 8.41. The Labute approximate surface area is 196 Å². The quantitative estimate of drug-likeness (QED) is 0.233. The van der Waals surface area contributed by atoms with Crippen LogP contribution in [0.15, 0.2) is 109 Å². The van der Waals surface area contributed by atoms with Gasteiger partial charge in [-0.25, -0.2) is 0 Å². The average molecular weight is 435 g/mol. The monoisotopic (exact) mass is 435 g/mol. The second-order valence-electron chi connectivity index (χ2n) is 8.89. The molecule has 2 aliphatic rings. The van der Waals surface area contributed by atoms with Crippen molar-refractivity contribution in [3.63, 3.8) is 0 Å². The first-order valence-electron chi connectivity index (χ1n) is 11.4. The van der Waals surface area contributed by atoms with Gasteiger partial charge in [0.2, 0.25) is 0 Å². The third-order valence-electron chi connectivity index (χ3n) is 7.28. The summed E-state index contributed by atoms with van der Waals surface area (Å²) in [6.45, 7) is 0.141. The summed E-state index contributed by atoms with van der Waals surface area (Å²) in [5, 5.41) is 2.77. The van der Waals surface area contributed by atoms with Crippen molar-refractivity contribution in [1.82, 2.24) is 0 Å². The minimum Gasteiger partial charge on any atom is -0.376 e. The minimum atomic E-state index is 0.141. The molecule has 1 nitrogen and oxygen atoms in total. The molecule has 2 aliphatic heterocycles. The van der Waals surface area contributed by atoms with Crippen molar-refractivity contribution < 1.29 is 0 Å². The third kappa shape index (κ3) is 2.23. The fraction of sp³-hybridized carbons (Fsp3) is 0. The maximum Gasteiger partial charge on any atom is 0.330 e. The van der Waals surface area contributed by atoms with E-state index in [1.54, 1.807) is 0 Å². The molecule has 0 atom stereocenters. The normalized spacial score (nSPS) is 13.3. The van der Waals surface area contributed by atoms with Crippen molar-refractivity contribution in [3.8, 4) is 22.3 Å². The van der Waals surface area contributed by atoms with Crippen molar-refractivity contribution >= 4 is 60.7 Å². The number of benzene rings is 5. The van der Waals surface area contributed by atoms with Crippen LogP contribution in [0.1, 0.15) is 0 Å². The molecular weight excluding hydrogens is 417 g/mol. The molecule has 0 spiro atoms. The Morgan fingerprint density at radius 2 is 1.15 bits per heavy atom. The van der Waals surface area contributed by atoms with E-state index in [9.17, 15) is 0 Å². The molecule has 33 heavy (non-hydrogen) atoms. The van der Waals surface area contributed by atoms with E-state index in [0.717, 1.165) is 0 Å². The highest BCUT2D eigenvalue weighted by Crippen LogP contribution is 2.47. The van der Waals surface area contributed by atoms with Gasteiger partial charge in [-0.15, -0.1) is 11.3 Å². The summed E-state index contributed by atoms with van der Waals surface area (Å²) >= 11 is 1.90. The Hall–Kier alpha value is -3.82. The van der Waals surface area contributed by atoms with Gasteiger partial charge < -0.3 is 4.81 Å². The number of para-hydroxylation sites is 2. The molecule has 0 radical (unpaired) electrons. The molecule has 0 bridgehead atoms. The molecule has 0 saturated heterocycles. The molecule has 5 aromatic carbocycles. The van der Waals surface area contributed by atoms with Crippen molar-refractivity contribution in [3.05, 3.63) is 109 Å². The highest BCUT2D eigenvalue weighted by molar-refractivity contribution is 7.26. The van der Waals surface area contributed by atoms with Crippen LogP contribution in [0.5, 0.6) is 0 Å². The van der Waals surface area contributed by atoms with Gasteiger partial charge in [0.05, 0.1) is 0 Å². The SMILES string of the molecule is c1ccc2c(c1)B1c3c(ccc4sc5ccccc5c34)-c3ccccc3N1c1ccccc1-2. The Bertz CT molecular complexity index is 1750. The maximum atomic E-state index is 2.58. The lowest BCUT2D eigenvalue weighted by Crippen LogP contribution is -2.59. The Morgan fingerprint density at radius 3 is 1.97 bits per heavy atom. The molecule has 3 heteroatoms. The molecule has 8 rings (SSSR count). The van der Waals surface area contributed by atoms with E-state index < -0.39 is 0 Å². The molecule has 152 valence electrons. The zero-order valence-corrected chi connectivity index (χ0v) is 18.6. The van der Waals surface area contributed by atoms with Crippen LogP contribution in [0.2, 0.25) is 0 Å². The summed E-state index contributed by atoms with van der Waals surface area (Å²) in [5.74, 6) is 0. The minimum absolute atomic E-state index is 0.141. The molecule has 3 heterocycles. The summed E-state index contributed by atoms with van der Waals surface area (Å²) in [7, 11) is 0. The van der Waals surface area contributed by atoms with Crippen LogP contribution < -0.4 is 15.7 Å². The van der Waals surface area contributed by atoms with Crippen molar-refractivity contribution in [2.45, 2.75) is 0 Å². The van der Waals surface area contributed by atoms with E-state index >= 15 is 0 Å². The molecule has 0 saturated carbocycles. The molecular formula is C30H18BNS. The topological polar surface area (TPSA) is 3.24 Å². The lowest BCUT2D eigenvalue weighted by Gasteiger charge is -2.43. The second kappa shape index (κ2) is 6.37. The van der Waals surface area contributed by atoms with E-state index in [1.807, 2.05) is 11.3 Å². The van der Waals surface area contributed by atoms with Gasteiger partial charge in [-0.05, 0) is 57.1 Å². The summed E-state index contributed by atoms with van der Waals surface area (Å²) < 4.78 is 2.72. The Kier molecular flexibility index (Phi) is 3.42. The largest absolute Gasteiger partial charge is 0.376 e. The van der Waals surface area contributed by atoms with Crippen LogP contribution in [0, 0.1) is 0 Å². The molecule has 6 aromatic rings. The Morgan fingerprint density at radius 1 is 0.515 bits per heavy atom. The molecule has 0 amide bonds. The van der Waals surface area contributed by atoms with Gasteiger partial charge in [-0.2, -0.15) is 0 Å². The standard InChI is InChI=1S/C30H18BNS/c1-5-13-24-19(9-1)20-10-2-6-14-25(20)32-26-15-7-3-11-21(26)22-17-18-28-29(30(22)31(24)32)23-12-4-8-16-27(23)33-28/h1-18H. The van der Waals surface area contributed by atoms with Crippen LogP contribution in [-0.4, -0.2) is 6.85 Å². The second-order valence-corrected chi connectivity index (χ2v) is 9.98. The summed E-state index contributed by atoms with van der Waals surface area (Å²) in [6, 6.07) is 40.3. The number of hydrogen-bond acceptors (Lipinski definition) is 2. The fourth-order valence-electron chi connectivity index (χ4n) is 6.00. The van der Waals surface area contributed by atoms with Gasteiger partial charge in [0.1, 0.15) is 0 Å². The smallest absolute Gasteiger partial charge is 0.330 e. The van der Waals surface area contributed by atoms with Crippen LogP contribution in [0.4, 0.5) is 11.4 Å². The van der Waals surface area contributed by atoms with E-state index in [0.29, 0.717) is 0 Å². The number of hydrogen-bond donors (Lipinski definition) is 0. The zero-order valence-electron chi connectivity index (χ0n) is 17.8. The maximum absolute atomic E-state index is 2.58. The van der Waals surface area contributed by atoms with Crippen LogP contribution >= 0.6 is 11.3 Å². The molecule has 0 N–H and O–H groups in total.